The average molecular weight is 190 g/mol. The zero-order valence-electron chi connectivity index (χ0n) is 8.17. The van der Waals surface area contributed by atoms with Crippen molar-refractivity contribution >= 4 is 10.9 Å². The highest BCUT2D eigenvalue weighted by Crippen LogP contribution is 2.30. The number of hydrogen-bond donors (Lipinski definition) is 3. The lowest BCUT2D eigenvalue weighted by molar-refractivity contribution is 0.481. The first-order valence-electron chi connectivity index (χ1n) is 4.78. The summed E-state index contributed by atoms with van der Waals surface area (Å²) in [6.07, 6.45) is 2.81. The normalized spacial score (nSPS) is 11.0. The third kappa shape index (κ3) is 1.17. The molecule has 0 aliphatic carbocycles. The molecule has 0 radical (unpaired) electrons. The summed E-state index contributed by atoms with van der Waals surface area (Å²) < 4.78 is 0. The van der Waals surface area contributed by atoms with Gasteiger partial charge >= 0.3 is 0 Å². The van der Waals surface area contributed by atoms with Crippen LogP contribution in [0.3, 0.4) is 0 Å². The second-order valence-corrected chi connectivity index (χ2v) is 3.37. The predicted molar refractivity (Wildman–Crippen MR) is 57.2 cm³/mol. The Balaban J connectivity index is 2.80. The van der Waals surface area contributed by atoms with Crippen molar-refractivity contribution in [3.8, 4) is 5.75 Å². The number of nitrogens with two attached hydrogens (primary N) is 1. The summed E-state index contributed by atoms with van der Waals surface area (Å²) in [5, 5.41) is 10.6. The Hall–Kier alpha value is -1.48. The molecule has 3 heteroatoms. The summed E-state index contributed by atoms with van der Waals surface area (Å²) in [6.45, 7) is 2.54. The molecule has 1 aromatic heterocycles. The minimum absolute atomic E-state index is 0.305. The van der Waals surface area contributed by atoms with Gasteiger partial charge in [0.2, 0.25) is 0 Å². The summed E-state index contributed by atoms with van der Waals surface area (Å²) in [5.41, 5.74) is 8.77. The molecule has 0 saturated heterocycles. The zero-order chi connectivity index (χ0) is 10.1. The number of phenolic OH excluding ortho intramolecular Hbond substituents is 1. The van der Waals surface area contributed by atoms with Gasteiger partial charge in [-0.25, -0.2) is 0 Å². The van der Waals surface area contributed by atoms with E-state index in [9.17, 15) is 5.11 Å². The molecule has 0 saturated carbocycles. The quantitative estimate of drug-likeness (QED) is 0.677. The molecular formula is C11H14N2O. The van der Waals surface area contributed by atoms with E-state index in [4.69, 9.17) is 5.73 Å². The highest BCUT2D eigenvalue weighted by molar-refractivity contribution is 5.91. The van der Waals surface area contributed by atoms with Crippen molar-refractivity contribution in [3.63, 3.8) is 0 Å². The first kappa shape index (κ1) is 9.09. The first-order chi connectivity index (χ1) is 6.77. The van der Waals surface area contributed by atoms with Gasteiger partial charge in [0.1, 0.15) is 5.75 Å². The summed E-state index contributed by atoms with van der Waals surface area (Å²) >= 11 is 0. The van der Waals surface area contributed by atoms with Gasteiger partial charge in [0.25, 0.3) is 0 Å². The largest absolute Gasteiger partial charge is 0.507 e. The van der Waals surface area contributed by atoms with Crippen LogP contribution in [0.4, 0.5) is 0 Å². The monoisotopic (exact) mass is 190 g/mol. The van der Waals surface area contributed by atoms with E-state index in [1.54, 1.807) is 6.07 Å². The van der Waals surface area contributed by atoms with Crippen LogP contribution in [0.1, 0.15) is 18.1 Å². The van der Waals surface area contributed by atoms with E-state index in [1.165, 1.54) is 5.56 Å². The molecule has 0 atom stereocenters. The fourth-order valence-corrected chi connectivity index (χ4v) is 1.81. The predicted octanol–water partition coefficient (Wildman–Crippen LogP) is 1.89. The Labute approximate surface area is 82.6 Å². The molecular weight excluding hydrogens is 176 g/mol. The number of phenols is 1. The molecule has 1 aromatic carbocycles. The van der Waals surface area contributed by atoms with E-state index in [0.29, 0.717) is 12.3 Å². The highest BCUT2D eigenvalue weighted by Gasteiger charge is 2.09. The fraction of sp³-hybridized carbons (Fsp3) is 0.273. The van der Waals surface area contributed by atoms with Crippen LogP contribution in [0.25, 0.3) is 10.9 Å². The molecule has 0 amide bonds. The van der Waals surface area contributed by atoms with E-state index in [0.717, 1.165) is 22.9 Å². The molecule has 0 spiro atoms. The number of aromatic nitrogens is 1. The van der Waals surface area contributed by atoms with E-state index in [2.05, 4.69) is 11.9 Å². The van der Waals surface area contributed by atoms with Gasteiger partial charge < -0.3 is 15.8 Å². The number of nitrogens with one attached hydrogen (secondary N) is 1. The molecule has 14 heavy (non-hydrogen) atoms. The van der Waals surface area contributed by atoms with Crippen LogP contribution in [0.15, 0.2) is 18.3 Å². The molecule has 0 fully saturated rings. The maximum atomic E-state index is 9.72. The van der Waals surface area contributed by atoms with E-state index in [-0.39, 0.29) is 0 Å². The van der Waals surface area contributed by atoms with Crippen LogP contribution in [0, 0.1) is 0 Å². The Bertz CT molecular complexity index is 460. The van der Waals surface area contributed by atoms with Crippen LogP contribution in [0.5, 0.6) is 5.75 Å². The van der Waals surface area contributed by atoms with Crippen LogP contribution < -0.4 is 5.73 Å². The topological polar surface area (TPSA) is 62.0 Å². The van der Waals surface area contributed by atoms with Gasteiger partial charge in [0.15, 0.2) is 0 Å². The number of H-pyrrole nitrogens is 1. The van der Waals surface area contributed by atoms with Gasteiger partial charge in [0.05, 0.1) is 5.52 Å². The minimum atomic E-state index is 0.305. The van der Waals surface area contributed by atoms with E-state index in [1.807, 2.05) is 12.3 Å². The standard InChI is InChI=1S/C11H14N2O/c1-2-7-3-4-9(14)10-8(5-12)6-13-11(7)10/h3-4,6,13-14H,2,5,12H2,1H3. The van der Waals surface area contributed by atoms with Gasteiger partial charge in [-0.3, -0.25) is 0 Å². The average Bonchev–Trinajstić information content (AvgIpc) is 2.63. The lowest BCUT2D eigenvalue weighted by Crippen LogP contribution is -1.94. The molecule has 0 aliphatic heterocycles. The number of rotatable bonds is 2. The molecule has 4 N–H and O–H groups in total. The number of benzene rings is 1. The fourth-order valence-electron chi connectivity index (χ4n) is 1.81. The molecule has 0 unspecified atom stereocenters. The smallest absolute Gasteiger partial charge is 0.125 e. The van der Waals surface area contributed by atoms with Crippen molar-refractivity contribution in [2.45, 2.75) is 19.9 Å². The third-order valence-corrected chi connectivity index (χ3v) is 2.58. The maximum Gasteiger partial charge on any atom is 0.125 e. The van der Waals surface area contributed by atoms with Crippen molar-refractivity contribution in [1.29, 1.82) is 0 Å². The minimum Gasteiger partial charge on any atom is -0.507 e. The lowest BCUT2D eigenvalue weighted by Gasteiger charge is -2.02. The van der Waals surface area contributed by atoms with E-state index < -0.39 is 0 Å². The number of aryl methyl sites for hydroxylation is 1. The van der Waals surface area contributed by atoms with Crippen LogP contribution in [-0.2, 0) is 13.0 Å². The van der Waals surface area contributed by atoms with Crippen LogP contribution >= 0.6 is 0 Å². The molecule has 74 valence electrons. The lowest BCUT2D eigenvalue weighted by atomic mass is 10.1. The second kappa shape index (κ2) is 3.35. The van der Waals surface area contributed by atoms with Gasteiger partial charge in [0, 0.05) is 18.1 Å². The molecule has 0 aliphatic rings. The first-order valence-corrected chi connectivity index (χ1v) is 4.78. The Morgan fingerprint density at radius 1 is 1.36 bits per heavy atom. The Morgan fingerprint density at radius 2 is 2.14 bits per heavy atom. The number of aromatic hydroxyl groups is 1. The van der Waals surface area contributed by atoms with Crippen LogP contribution in [0.2, 0.25) is 0 Å². The summed E-state index contributed by atoms with van der Waals surface area (Å²) in [7, 11) is 0. The van der Waals surface area contributed by atoms with Gasteiger partial charge in [-0.15, -0.1) is 0 Å². The second-order valence-electron chi connectivity index (χ2n) is 3.37. The molecule has 3 nitrogen and oxygen atoms in total. The molecule has 0 bridgehead atoms. The SMILES string of the molecule is CCc1ccc(O)c2c(CN)c[nH]c12. The zero-order valence-corrected chi connectivity index (χ0v) is 8.17. The van der Waals surface area contributed by atoms with E-state index >= 15 is 0 Å². The Morgan fingerprint density at radius 3 is 2.79 bits per heavy atom. The van der Waals surface area contributed by atoms with Crippen molar-refractivity contribution in [2.75, 3.05) is 0 Å². The maximum absolute atomic E-state index is 9.72. The summed E-state index contributed by atoms with van der Waals surface area (Å²) in [5.74, 6) is 0.305. The number of fused-ring (bicyclic) bond motifs is 1. The highest BCUT2D eigenvalue weighted by atomic mass is 16.3. The summed E-state index contributed by atoms with van der Waals surface area (Å²) in [6, 6.07) is 3.67. The third-order valence-electron chi connectivity index (χ3n) is 2.58. The van der Waals surface area contributed by atoms with Crippen molar-refractivity contribution < 1.29 is 5.11 Å². The van der Waals surface area contributed by atoms with Gasteiger partial charge in [-0.05, 0) is 23.6 Å². The number of hydrogen-bond acceptors (Lipinski definition) is 2. The number of aromatic amines is 1. The van der Waals surface area contributed by atoms with Crippen molar-refractivity contribution in [2.24, 2.45) is 5.73 Å². The Kier molecular flexibility index (Phi) is 2.17. The summed E-state index contributed by atoms with van der Waals surface area (Å²) in [4.78, 5) is 3.16. The van der Waals surface area contributed by atoms with Crippen molar-refractivity contribution in [1.82, 2.24) is 4.98 Å². The van der Waals surface area contributed by atoms with Gasteiger partial charge in [-0.2, -0.15) is 0 Å². The van der Waals surface area contributed by atoms with Gasteiger partial charge in [-0.1, -0.05) is 13.0 Å². The molecule has 2 aromatic rings. The molecule has 1 heterocycles. The molecule has 2 rings (SSSR count). The van der Waals surface area contributed by atoms with Crippen molar-refractivity contribution in [3.05, 3.63) is 29.5 Å². The van der Waals surface area contributed by atoms with Crippen LogP contribution in [-0.4, -0.2) is 10.1 Å².